The van der Waals surface area contributed by atoms with Crippen LogP contribution in [0.3, 0.4) is 0 Å². The quantitative estimate of drug-likeness (QED) is 0.675. The van der Waals surface area contributed by atoms with Gasteiger partial charge in [-0.25, -0.2) is 8.42 Å². The van der Waals surface area contributed by atoms with Gasteiger partial charge in [0.15, 0.2) is 0 Å². The van der Waals surface area contributed by atoms with E-state index in [1.807, 2.05) is 32.0 Å². The molecule has 1 heterocycles. The van der Waals surface area contributed by atoms with Crippen molar-refractivity contribution in [3.8, 4) is 0 Å². The summed E-state index contributed by atoms with van der Waals surface area (Å²) in [6.45, 7) is 8.27. The van der Waals surface area contributed by atoms with Gasteiger partial charge in [-0.05, 0) is 37.9 Å². The van der Waals surface area contributed by atoms with E-state index in [-0.39, 0.29) is 12.5 Å². The fourth-order valence-corrected chi connectivity index (χ4v) is 4.07. The van der Waals surface area contributed by atoms with E-state index in [1.54, 1.807) is 0 Å². The molecule has 1 saturated heterocycles. The van der Waals surface area contributed by atoms with Crippen LogP contribution in [0.5, 0.6) is 0 Å². The van der Waals surface area contributed by atoms with E-state index in [1.165, 1.54) is 4.31 Å². The molecule has 0 aliphatic carbocycles. The van der Waals surface area contributed by atoms with E-state index in [4.69, 9.17) is 4.74 Å². The first-order chi connectivity index (χ1) is 12.3. The number of benzene rings is 1. The van der Waals surface area contributed by atoms with Gasteiger partial charge in [0.1, 0.15) is 6.54 Å². The van der Waals surface area contributed by atoms with E-state index in [0.29, 0.717) is 12.2 Å². The van der Waals surface area contributed by atoms with Crippen molar-refractivity contribution in [2.24, 2.45) is 0 Å². The lowest BCUT2D eigenvalue weighted by molar-refractivity contribution is -0.119. The first-order valence-corrected chi connectivity index (χ1v) is 10.7. The summed E-state index contributed by atoms with van der Waals surface area (Å²) in [4.78, 5) is 14.6. The predicted octanol–water partition coefficient (Wildman–Crippen LogP) is 0.908. The molecule has 0 radical (unpaired) electrons. The number of anilines is 1. The number of para-hydroxylation sites is 1. The van der Waals surface area contributed by atoms with Crippen molar-refractivity contribution in [1.82, 2.24) is 10.2 Å². The topological polar surface area (TPSA) is 79.0 Å². The van der Waals surface area contributed by atoms with Crippen molar-refractivity contribution in [2.75, 3.05) is 56.5 Å². The lowest BCUT2D eigenvalue weighted by atomic mass is 10.1. The first kappa shape index (κ1) is 20.7. The third-order valence-corrected chi connectivity index (χ3v) is 5.57. The molecule has 2 rings (SSSR count). The molecule has 1 fully saturated rings. The molecule has 0 atom stereocenters. The number of nitrogens with one attached hydrogen (secondary N) is 1. The van der Waals surface area contributed by atoms with Gasteiger partial charge in [-0.15, -0.1) is 0 Å². The molecule has 0 unspecified atom stereocenters. The fourth-order valence-electron chi connectivity index (χ4n) is 3.10. The Labute approximate surface area is 156 Å². The zero-order valence-electron chi connectivity index (χ0n) is 15.8. The van der Waals surface area contributed by atoms with Gasteiger partial charge in [-0.1, -0.05) is 18.2 Å². The molecule has 0 saturated carbocycles. The maximum atomic E-state index is 12.3. The Morgan fingerprint density at radius 3 is 2.42 bits per heavy atom. The summed E-state index contributed by atoms with van der Waals surface area (Å²) in [5, 5.41) is 2.83. The van der Waals surface area contributed by atoms with Crippen LogP contribution in [0, 0.1) is 13.8 Å². The third kappa shape index (κ3) is 5.96. The Balaban J connectivity index is 1.91. The molecule has 1 aromatic carbocycles. The summed E-state index contributed by atoms with van der Waals surface area (Å²) in [5.41, 5.74) is 2.24. The number of amides is 1. The normalized spacial score (nSPS) is 15.7. The molecule has 7 nitrogen and oxygen atoms in total. The van der Waals surface area contributed by atoms with E-state index in [0.717, 1.165) is 56.7 Å². The Morgan fingerprint density at radius 2 is 1.85 bits per heavy atom. The average molecular weight is 384 g/mol. The number of carbonyl (C=O) groups is 1. The largest absolute Gasteiger partial charge is 0.379 e. The fraction of sp³-hybridized carbons (Fsp3) is 0.611. The van der Waals surface area contributed by atoms with Gasteiger partial charge in [0.25, 0.3) is 0 Å². The van der Waals surface area contributed by atoms with Crippen molar-refractivity contribution in [3.63, 3.8) is 0 Å². The van der Waals surface area contributed by atoms with Gasteiger partial charge in [0, 0.05) is 19.6 Å². The van der Waals surface area contributed by atoms with Crippen molar-refractivity contribution in [2.45, 2.75) is 20.3 Å². The Kier molecular flexibility index (Phi) is 7.43. The number of rotatable bonds is 8. The maximum Gasteiger partial charge on any atom is 0.240 e. The van der Waals surface area contributed by atoms with E-state index < -0.39 is 10.0 Å². The van der Waals surface area contributed by atoms with Crippen LogP contribution in [0.25, 0.3) is 0 Å². The Bertz CT molecular complexity index is 695. The maximum absolute atomic E-state index is 12.3. The summed E-state index contributed by atoms with van der Waals surface area (Å²) in [7, 11) is -3.56. The molecule has 1 aromatic rings. The van der Waals surface area contributed by atoms with Gasteiger partial charge >= 0.3 is 0 Å². The van der Waals surface area contributed by atoms with Crippen molar-refractivity contribution < 1.29 is 17.9 Å². The number of aryl methyl sites for hydroxylation is 2. The van der Waals surface area contributed by atoms with Crippen LogP contribution >= 0.6 is 0 Å². The van der Waals surface area contributed by atoms with Crippen LogP contribution < -0.4 is 9.62 Å². The van der Waals surface area contributed by atoms with Crippen LogP contribution in [0.15, 0.2) is 18.2 Å². The zero-order valence-corrected chi connectivity index (χ0v) is 16.6. The second kappa shape index (κ2) is 9.34. The zero-order chi connectivity index (χ0) is 19.2. The van der Waals surface area contributed by atoms with E-state index in [2.05, 4.69) is 10.2 Å². The van der Waals surface area contributed by atoms with Crippen LogP contribution in [-0.2, 0) is 19.6 Å². The minimum absolute atomic E-state index is 0.206. The van der Waals surface area contributed by atoms with Crippen LogP contribution in [0.2, 0.25) is 0 Å². The SMILES string of the molecule is Cc1cccc(C)c1N(CC(=O)NCCCN1CCOCC1)S(C)(=O)=O. The minimum atomic E-state index is -3.56. The molecular weight excluding hydrogens is 354 g/mol. The lowest BCUT2D eigenvalue weighted by Gasteiger charge is -2.27. The standard InChI is InChI=1S/C18H29N3O4S/c1-15-6-4-7-16(2)18(15)21(26(3,23)24)14-17(22)19-8-5-9-20-10-12-25-13-11-20/h4,6-7H,5,8-14H2,1-3H3,(H,19,22). The minimum Gasteiger partial charge on any atom is -0.379 e. The Morgan fingerprint density at radius 1 is 1.23 bits per heavy atom. The van der Waals surface area contributed by atoms with Gasteiger partial charge in [-0.3, -0.25) is 14.0 Å². The lowest BCUT2D eigenvalue weighted by Crippen LogP contribution is -2.42. The molecule has 1 amide bonds. The highest BCUT2D eigenvalue weighted by Gasteiger charge is 2.23. The predicted molar refractivity (Wildman–Crippen MR) is 103 cm³/mol. The smallest absolute Gasteiger partial charge is 0.240 e. The number of sulfonamides is 1. The van der Waals surface area contributed by atoms with Crippen molar-refractivity contribution in [3.05, 3.63) is 29.3 Å². The first-order valence-electron chi connectivity index (χ1n) is 8.90. The molecule has 1 aliphatic rings. The monoisotopic (exact) mass is 383 g/mol. The third-order valence-electron chi connectivity index (χ3n) is 4.45. The van der Waals surface area contributed by atoms with Crippen LogP contribution in [0.1, 0.15) is 17.5 Å². The summed E-state index contributed by atoms with van der Waals surface area (Å²) < 4.78 is 31.0. The Hall–Kier alpha value is -1.64. The van der Waals surface area contributed by atoms with Crippen LogP contribution in [-0.4, -0.2) is 71.4 Å². The average Bonchev–Trinajstić information content (AvgIpc) is 2.58. The number of morpholine rings is 1. The summed E-state index contributed by atoms with van der Waals surface area (Å²) >= 11 is 0. The number of ether oxygens (including phenoxy) is 1. The van der Waals surface area contributed by atoms with E-state index in [9.17, 15) is 13.2 Å². The molecule has 8 heteroatoms. The highest BCUT2D eigenvalue weighted by molar-refractivity contribution is 7.92. The summed E-state index contributed by atoms with van der Waals surface area (Å²) in [5.74, 6) is -0.292. The molecule has 0 spiro atoms. The number of hydrogen-bond donors (Lipinski definition) is 1. The molecular formula is C18H29N3O4S. The molecule has 0 aromatic heterocycles. The number of carbonyl (C=O) groups excluding carboxylic acids is 1. The van der Waals surface area contributed by atoms with Gasteiger partial charge < -0.3 is 10.1 Å². The highest BCUT2D eigenvalue weighted by atomic mass is 32.2. The van der Waals surface area contributed by atoms with Gasteiger partial charge in [-0.2, -0.15) is 0 Å². The second-order valence-electron chi connectivity index (χ2n) is 6.67. The van der Waals surface area contributed by atoms with Gasteiger partial charge in [0.2, 0.25) is 15.9 Å². The number of hydrogen-bond acceptors (Lipinski definition) is 5. The molecule has 26 heavy (non-hydrogen) atoms. The summed E-state index contributed by atoms with van der Waals surface area (Å²) in [6, 6.07) is 5.57. The highest BCUT2D eigenvalue weighted by Crippen LogP contribution is 2.26. The molecule has 1 N–H and O–H groups in total. The summed E-state index contributed by atoms with van der Waals surface area (Å²) in [6.07, 6.45) is 1.96. The molecule has 0 bridgehead atoms. The van der Waals surface area contributed by atoms with Crippen LogP contribution in [0.4, 0.5) is 5.69 Å². The molecule has 1 aliphatic heterocycles. The molecule has 146 valence electrons. The van der Waals surface area contributed by atoms with Crippen molar-refractivity contribution in [1.29, 1.82) is 0 Å². The van der Waals surface area contributed by atoms with E-state index >= 15 is 0 Å². The van der Waals surface area contributed by atoms with Crippen molar-refractivity contribution >= 4 is 21.6 Å². The van der Waals surface area contributed by atoms with Gasteiger partial charge in [0.05, 0.1) is 25.2 Å². The number of nitrogens with zero attached hydrogens (tertiary/aromatic N) is 2. The second-order valence-corrected chi connectivity index (χ2v) is 8.57.